The van der Waals surface area contributed by atoms with Gasteiger partial charge in [0.1, 0.15) is 11.6 Å². The van der Waals surface area contributed by atoms with Gasteiger partial charge in [-0.2, -0.15) is 11.8 Å². The maximum absolute atomic E-state index is 13.8. The molecule has 1 N–H and O–H groups in total. The van der Waals surface area contributed by atoms with Crippen LogP contribution in [-0.4, -0.2) is 24.3 Å². The Kier molecular flexibility index (Phi) is 8.84. The Labute approximate surface area is 182 Å². The van der Waals surface area contributed by atoms with E-state index in [1.54, 1.807) is 12.1 Å². The van der Waals surface area contributed by atoms with Crippen LogP contribution in [0.1, 0.15) is 45.2 Å². The second kappa shape index (κ2) is 10.9. The SMILES string of the molecule is CC[C@@H](Oc1ccc(C(C)(C)C)cc1)C(=O)NCCSCc1c(F)cccc1Cl. The standard InChI is InChI=1S/C23H29ClFNO2S/c1-5-21(28-17-11-9-16(10-12-17)23(2,3)4)22(27)26-13-14-29-15-18-19(24)7-6-8-20(18)25/h6-12,21H,5,13-15H2,1-4H3,(H,26,27)/t21-/m1/s1. The second-order valence-corrected chi connectivity index (χ2v) is 9.35. The van der Waals surface area contributed by atoms with Crippen molar-refractivity contribution in [1.29, 1.82) is 0 Å². The van der Waals surface area contributed by atoms with Crippen LogP contribution in [0.25, 0.3) is 0 Å². The molecule has 0 fully saturated rings. The molecular formula is C23H29ClFNO2S. The first kappa shape index (κ1) is 23.6. The summed E-state index contributed by atoms with van der Waals surface area (Å²) in [6.45, 7) is 8.87. The van der Waals surface area contributed by atoms with Crippen LogP contribution in [0.3, 0.4) is 0 Å². The van der Waals surface area contributed by atoms with Crippen molar-refractivity contribution in [2.45, 2.75) is 51.4 Å². The molecule has 1 amide bonds. The highest BCUT2D eigenvalue weighted by atomic mass is 35.5. The fraction of sp³-hybridized carbons (Fsp3) is 0.435. The van der Waals surface area contributed by atoms with Gasteiger partial charge >= 0.3 is 0 Å². The topological polar surface area (TPSA) is 38.3 Å². The third kappa shape index (κ3) is 7.23. The number of carbonyl (C=O) groups is 1. The van der Waals surface area contributed by atoms with Gasteiger partial charge in [-0.3, -0.25) is 4.79 Å². The van der Waals surface area contributed by atoms with E-state index in [1.165, 1.54) is 23.4 Å². The molecule has 6 heteroatoms. The van der Waals surface area contributed by atoms with E-state index in [2.05, 4.69) is 26.1 Å². The first-order valence-corrected chi connectivity index (χ1v) is 11.3. The smallest absolute Gasteiger partial charge is 0.261 e. The molecule has 0 saturated heterocycles. The van der Waals surface area contributed by atoms with Crippen molar-refractivity contribution in [3.63, 3.8) is 0 Å². The minimum atomic E-state index is -0.540. The molecule has 2 aromatic carbocycles. The van der Waals surface area contributed by atoms with E-state index in [1.807, 2.05) is 31.2 Å². The summed E-state index contributed by atoms with van der Waals surface area (Å²) in [5, 5.41) is 3.32. The molecule has 1 atom stereocenters. The van der Waals surface area contributed by atoms with Crippen molar-refractivity contribution in [3.05, 3.63) is 64.4 Å². The van der Waals surface area contributed by atoms with Crippen LogP contribution in [0, 0.1) is 5.82 Å². The quantitative estimate of drug-likeness (QED) is 0.490. The van der Waals surface area contributed by atoms with Gasteiger partial charge in [-0.25, -0.2) is 4.39 Å². The van der Waals surface area contributed by atoms with Gasteiger partial charge in [-0.1, -0.05) is 57.5 Å². The molecule has 0 radical (unpaired) electrons. The Morgan fingerprint density at radius 3 is 2.48 bits per heavy atom. The molecule has 158 valence electrons. The summed E-state index contributed by atoms with van der Waals surface area (Å²) in [5.74, 6) is 1.37. The number of hydrogen-bond donors (Lipinski definition) is 1. The van der Waals surface area contributed by atoms with E-state index in [0.717, 1.165) is 0 Å². The second-order valence-electron chi connectivity index (χ2n) is 7.83. The fourth-order valence-electron chi connectivity index (χ4n) is 2.72. The molecule has 0 aliphatic heterocycles. The largest absolute Gasteiger partial charge is 0.481 e. The number of rotatable bonds is 9. The normalized spacial score (nSPS) is 12.5. The number of amides is 1. The number of ether oxygens (including phenoxy) is 1. The first-order chi connectivity index (χ1) is 13.7. The number of halogens is 2. The summed E-state index contributed by atoms with van der Waals surface area (Å²) in [6.07, 6.45) is 0.0340. The highest BCUT2D eigenvalue weighted by Crippen LogP contribution is 2.25. The van der Waals surface area contributed by atoms with Gasteiger partial charge in [0.25, 0.3) is 5.91 Å². The summed E-state index contributed by atoms with van der Waals surface area (Å²) in [7, 11) is 0. The van der Waals surface area contributed by atoms with Crippen LogP contribution in [0.15, 0.2) is 42.5 Å². The lowest BCUT2D eigenvalue weighted by Crippen LogP contribution is -2.39. The van der Waals surface area contributed by atoms with Crippen molar-refractivity contribution in [2.24, 2.45) is 0 Å². The van der Waals surface area contributed by atoms with E-state index in [4.69, 9.17) is 16.3 Å². The van der Waals surface area contributed by atoms with Crippen molar-refractivity contribution < 1.29 is 13.9 Å². The molecule has 0 aliphatic rings. The Bertz CT molecular complexity index is 785. The maximum Gasteiger partial charge on any atom is 0.261 e. The molecule has 2 rings (SSSR count). The Balaban J connectivity index is 1.78. The van der Waals surface area contributed by atoms with Crippen molar-refractivity contribution in [3.8, 4) is 5.75 Å². The third-order valence-corrected chi connectivity index (χ3v) is 5.86. The van der Waals surface area contributed by atoms with Gasteiger partial charge in [0.15, 0.2) is 6.10 Å². The summed E-state index contributed by atoms with van der Waals surface area (Å²) in [6, 6.07) is 12.6. The fourth-order valence-corrected chi connectivity index (χ4v) is 3.92. The summed E-state index contributed by atoms with van der Waals surface area (Å²) in [5.41, 5.74) is 1.79. The molecule has 0 aromatic heterocycles. The summed E-state index contributed by atoms with van der Waals surface area (Å²) in [4.78, 5) is 12.4. The Hall–Kier alpha value is -1.72. The minimum Gasteiger partial charge on any atom is -0.481 e. The lowest BCUT2D eigenvalue weighted by atomic mass is 9.87. The molecule has 0 unspecified atom stereocenters. The molecule has 0 saturated carbocycles. The van der Waals surface area contributed by atoms with Crippen LogP contribution >= 0.6 is 23.4 Å². The lowest BCUT2D eigenvalue weighted by molar-refractivity contribution is -0.127. The van der Waals surface area contributed by atoms with E-state index in [9.17, 15) is 9.18 Å². The number of thioether (sulfide) groups is 1. The zero-order valence-corrected chi connectivity index (χ0v) is 19.0. The van der Waals surface area contributed by atoms with Crippen molar-refractivity contribution >= 4 is 29.3 Å². The Morgan fingerprint density at radius 1 is 1.21 bits per heavy atom. The number of carbonyl (C=O) groups excluding carboxylic acids is 1. The molecule has 0 aliphatic carbocycles. The Morgan fingerprint density at radius 2 is 1.90 bits per heavy atom. The van der Waals surface area contributed by atoms with Gasteiger partial charge in [-0.15, -0.1) is 0 Å². The average molecular weight is 438 g/mol. The monoisotopic (exact) mass is 437 g/mol. The zero-order valence-electron chi connectivity index (χ0n) is 17.4. The van der Waals surface area contributed by atoms with Crippen LogP contribution in [0.5, 0.6) is 5.75 Å². The van der Waals surface area contributed by atoms with Crippen molar-refractivity contribution in [2.75, 3.05) is 12.3 Å². The molecule has 0 bridgehead atoms. The van der Waals surface area contributed by atoms with Gasteiger partial charge in [0.2, 0.25) is 0 Å². The highest BCUT2D eigenvalue weighted by Gasteiger charge is 2.19. The van der Waals surface area contributed by atoms with Gasteiger partial charge in [0, 0.05) is 28.6 Å². The average Bonchev–Trinajstić information content (AvgIpc) is 2.67. The predicted octanol–water partition coefficient (Wildman–Crippen LogP) is 5.98. The van der Waals surface area contributed by atoms with E-state index in [-0.39, 0.29) is 17.1 Å². The van der Waals surface area contributed by atoms with Crippen LogP contribution in [0.4, 0.5) is 4.39 Å². The number of benzene rings is 2. The van der Waals surface area contributed by atoms with Gasteiger partial charge in [-0.05, 0) is 41.7 Å². The maximum atomic E-state index is 13.8. The van der Waals surface area contributed by atoms with Gasteiger partial charge in [0.05, 0.1) is 0 Å². The molecule has 29 heavy (non-hydrogen) atoms. The van der Waals surface area contributed by atoms with Crippen LogP contribution in [-0.2, 0) is 16.0 Å². The van der Waals surface area contributed by atoms with Crippen LogP contribution < -0.4 is 10.1 Å². The van der Waals surface area contributed by atoms with E-state index >= 15 is 0 Å². The predicted molar refractivity (Wildman–Crippen MR) is 120 cm³/mol. The third-order valence-electron chi connectivity index (χ3n) is 4.52. The molecule has 2 aromatic rings. The van der Waals surface area contributed by atoms with Crippen molar-refractivity contribution in [1.82, 2.24) is 5.32 Å². The molecule has 3 nitrogen and oxygen atoms in total. The zero-order chi connectivity index (χ0) is 21.4. The highest BCUT2D eigenvalue weighted by molar-refractivity contribution is 7.98. The summed E-state index contributed by atoms with van der Waals surface area (Å²) >= 11 is 7.55. The van der Waals surface area contributed by atoms with E-state index < -0.39 is 6.10 Å². The first-order valence-electron chi connectivity index (χ1n) is 9.78. The molecule has 0 spiro atoms. The lowest BCUT2D eigenvalue weighted by Gasteiger charge is -2.21. The summed E-state index contributed by atoms with van der Waals surface area (Å²) < 4.78 is 19.6. The molecule has 0 heterocycles. The number of nitrogens with one attached hydrogen (secondary N) is 1. The molecular weight excluding hydrogens is 409 g/mol. The van der Waals surface area contributed by atoms with Crippen LogP contribution in [0.2, 0.25) is 5.02 Å². The van der Waals surface area contributed by atoms with E-state index in [0.29, 0.717) is 40.8 Å². The van der Waals surface area contributed by atoms with Gasteiger partial charge < -0.3 is 10.1 Å². The minimum absolute atomic E-state index is 0.0740. The number of hydrogen-bond acceptors (Lipinski definition) is 3.